The molecule has 0 bridgehead atoms. The number of hydrogen-bond acceptors (Lipinski definition) is 4. The van der Waals surface area contributed by atoms with Gasteiger partial charge >= 0.3 is 0 Å². The molecule has 1 aromatic rings. The van der Waals surface area contributed by atoms with Crippen LogP contribution in [-0.4, -0.2) is 21.3 Å². The van der Waals surface area contributed by atoms with E-state index >= 15 is 0 Å². The molecule has 0 radical (unpaired) electrons. The predicted molar refractivity (Wildman–Crippen MR) is 58.2 cm³/mol. The Labute approximate surface area is 84.7 Å². The Balaban J connectivity index is 2.85. The summed E-state index contributed by atoms with van der Waals surface area (Å²) in [7, 11) is 0. The van der Waals surface area contributed by atoms with Gasteiger partial charge in [0.05, 0.1) is 6.04 Å². The van der Waals surface area contributed by atoms with E-state index in [9.17, 15) is 0 Å². The van der Waals surface area contributed by atoms with Gasteiger partial charge in [0.15, 0.2) is 0 Å². The van der Waals surface area contributed by atoms with Crippen molar-refractivity contribution in [1.29, 1.82) is 0 Å². The number of nitrogens with one attached hydrogen (secondary N) is 1. The van der Waals surface area contributed by atoms with E-state index in [0.717, 1.165) is 19.4 Å². The van der Waals surface area contributed by atoms with Gasteiger partial charge in [-0.25, -0.2) is 4.68 Å². The maximum Gasteiger partial charge on any atom is 0.243 e. The predicted octanol–water partition coefficient (Wildman–Crippen LogP) is 1.65. The molecule has 0 aliphatic heterocycles. The summed E-state index contributed by atoms with van der Waals surface area (Å²) in [6.45, 7) is 7.07. The molecular weight excluding hydrogens is 178 g/mol. The molecule has 0 saturated heterocycles. The third kappa shape index (κ3) is 2.16. The molecule has 14 heavy (non-hydrogen) atoms. The molecule has 0 amide bonds. The Morgan fingerprint density at radius 2 is 2.00 bits per heavy atom. The largest absolute Gasteiger partial charge is 0.368 e. The summed E-state index contributed by atoms with van der Waals surface area (Å²) < 4.78 is 1.80. The Kier molecular flexibility index (Phi) is 3.73. The van der Waals surface area contributed by atoms with Crippen molar-refractivity contribution in [2.45, 2.75) is 39.7 Å². The summed E-state index contributed by atoms with van der Waals surface area (Å²) in [6.07, 6.45) is 2.05. The highest BCUT2D eigenvalue weighted by atomic mass is 15.4. The van der Waals surface area contributed by atoms with Gasteiger partial charge in [-0.3, -0.25) is 0 Å². The Bertz CT molecular complexity index is 277. The first kappa shape index (κ1) is 10.8. The number of nitrogens with two attached hydrogens (primary N) is 1. The summed E-state index contributed by atoms with van der Waals surface area (Å²) in [5.74, 6) is 1.12. The highest BCUT2D eigenvalue weighted by Crippen LogP contribution is 2.18. The molecule has 0 aromatic carbocycles. The van der Waals surface area contributed by atoms with Crippen molar-refractivity contribution in [1.82, 2.24) is 14.8 Å². The van der Waals surface area contributed by atoms with E-state index in [0.29, 0.717) is 17.9 Å². The number of anilines is 2. The van der Waals surface area contributed by atoms with Crippen LogP contribution in [0.1, 0.15) is 39.7 Å². The van der Waals surface area contributed by atoms with Crippen LogP contribution in [0.25, 0.3) is 0 Å². The van der Waals surface area contributed by atoms with Crippen molar-refractivity contribution in [3.05, 3.63) is 0 Å². The van der Waals surface area contributed by atoms with Crippen LogP contribution in [0, 0.1) is 0 Å². The number of hydrogen-bond donors (Lipinski definition) is 2. The standard InChI is InChI=1S/C9H19N5/c1-4-7(5-2)14-8(10)12-9(13-14)11-6-3/h7H,4-6H2,1-3H3,(H3,10,11,12,13). The second kappa shape index (κ2) is 4.83. The molecule has 0 fully saturated rings. The second-order valence-corrected chi connectivity index (χ2v) is 3.24. The lowest BCUT2D eigenvalue weighted by Crippen LogP contribution is -2.12. The van der Waals surface area contributed by atoms with Gasteiger partial charge in [-0.1, -0.05) is 13.8 Å². The van der Waals surface area contributed by atoms with Crippen LogP contribution < -0.4 is 11.1 Å². The maximum atomic E-state index is 5.77. The third-order valence-corrected chi connectivity index (χ3v) is 2.28. The average molecular weight is 197 g/mol. The molecule has 80 valence electrons. The normalized spacial score (nSPS) is 10.9. The number of aromatic nitrogens is 3. The van der Waals surface area contributed by atoms with Crippen LogP contribution in [0.3, 0.4) is 0 Å². The van der Waals surface area contributed by atoms with Crippen molar-refractivity contribution in [3.8, 4) is 0 Å². The summed E-state index contributed by atoms with van der Waals surface area (Å²) >= 11 is 0. The summed E-state index contributed by atoms with van der Waals surface area (Å²) in [6, 6.07) is 0.356. The first-order valence-electron chi connectivity index (χ1n) is 5.18. The summed E-state index contributed by atoms with van der Waals surface area (Å²) in [5.41, 5.74) is 5.77. The minimum absolute atomic E-state index is 0.356. The minimum atomic E-state index is 0.356. The topological polar surface area (TPSA) is 68.8 Å². The average Bonchev–Trinajstić information content (AvgIpc) is 2.51. The first-order valence-corrected chi connectivity index (χ1v) is 5.18. The van der Waals surface area contributed by atoms with Gasteiger partial charge < -0.3 is 11.1 Å². The zero-order valence-electron chi connectivity index (χ0n) is 9.12. The van der Waals surface area contributed by atoms with Gasteiger partial charge in [0.2, 0.25) is 11.9 Å². The fraction of sp³-hybridized carbons (Fsp3) is 0.778. The van der Waals surface area contributed by atoms with Crippen molar-refractivity contribution >= 4 is 11.9 Å². The fourth-order valence-electron chi connectivity index (χ4n) is 1.47. The van der Waals surface area contributed by atoms with Crippen LogP contribution in [0.2, 0.25) is 0 Å². The molecule has 0 aliphatic carbocycles. The van der Waals surface area contributed by atoms with E-state index in [1.165, 1.54) is 0 Å². The molecular formula is C9H19N5. The van der Waals surface area contributed by atoms with Gasteiger partial charge in [-0.2, -0.15) is 4.98 Å². The Morgan fingerprint density at radius 3 is 2.50 bits per heavy atom. The van der Waals surface area contributed by atoms with Crippen LogP contribution in [0.5, 0.6) is 0 Å². The van der Waals surface area contributed by atoms with E-state index in [2.05, 4.69) is 29.2 Å². The van der Waals surface area contributed by atoms with Gasteiger partial charge in [-0.05, 0) is 19.8 Å². The van der Waals surface area contributed by atoms with Crippen molar-refractivity contribution < 1.29 is 0 Å². The Morgan fingerprint density at radius 1 is 1.36 bits per heavy atom. The van der Waals surface area contributed by atoms with Crippen LogP contribution in [-0.2, 0) is 0 Å². The lowest BCUT2D eigenvalue weighted by atomic mass is 10.2. The molecule has 5 heteroatoms. The molecule has 5 nitrogen and oxygen atoms in total. The maximum absolute atomic E-state index is 5.77. The number of nitrogens with zero attached hydrogens (tertiary/aromatic N) is 3. The molecule has 1 rings (SSSR count). The van der Waals surface area contributed by atoms with E-state index in [1.807, 2.05) is 6.92 Å². The van der Waals surface area contributed by atoms with E-state index in [1.54, 1.807) is 4.68 Å². The molecule has 0 unspecified atom stereocenters. The lowest BCUT2D eigenvalue weighted by molar-refractivity contribution is 0.434. The lowest BCUT2D eigenvalue weighted by Gasteiger charge is -2.12. The van der Waals surface area contributed by atoms with Crippen LogP contribution >= 0.6 is 0 Å². The molecule has 0 aliphatic rings. The van der Waals surface area contributed by atoms with E-state index in [-0.39, 0.29) is 0 Å². The SMILES string of the molecule is CCNc1nc(N)n(C(CC)CC)n1. The van der Waals surface area contributed by atoms with Gasteiger partial charge in [0.25, 0.3) is 0 Å². The monoisotopic (exact) mass is 197 g/mol. The zero-order chi connectivity index (χ0) is 10.6. The highest BCUT2D eigenvalue weighted by molar-refractivity contribution is 5.31. The highest BCUT2D eigenvalue weighted by Gasteiger charge is 2.13. The number of nitrogen functional groups attached to an aromatic ring is 1. The smallest absolute Gasteiger partial charge is 0.243 e. The molecule has 0 spiro atoms. The molecule has 3 N–H and O–H groups in total. The van der Waals surface area contributed by atoms with Crippen molar-refractivity contribution in [3.63, 3.8) is 0 Å². The number of rotatable bonds is 5. The molecule has 0 atom stereocenters. The third-order valence-electron chi connectivity index (χ3n) is 2.28. The van der Waals surface area contributed by atoms with E-state index in [4.69, 9.17) is 5.73 Å². The summed E-state index contributed by atoms with van der Waals surface area (Å²) in [5, 5.41) is 7.36. The molecule has 1 aromatic heterocycles. The van der Waals surface area contributed by atoms with Gasteiger partial charge in [0, 0.05) is 6.54 Å². The van der Waals surface area contributed by atoms with Crippen LogP contribution in [0.15, 0.2) is 0 Å². The van der Waals surface area contributed by atoms with Crippen molar-refractivity contribution in [2.24, 2.45) is 0 Å². The minimum Gasteiger partial charge on any atom is -0.368 e. The fourth-order valence-corrected chi connectivity index (χ4v) is 1.47. The summed E-state index contributed by atoms with van der Waals surface area (Å²) in [4.78, 5) is 4.14. The van der Waals surface area contributed by atoms with Crippen molar-refractivity contribution in [2.75, 3.05) is 17.6 Å². The first-order chi connectivity index (χ1) is 6.72. The van der Waals surface area contributed by atoms with Gasteiger partial charge in [-0.15, -0.1) is 5.10 Å². The van der Waals surface area contributed by atoms with Crippen LogP contribution in [0.4, 0.5) is 11.9 Å². The van der Waals surface area contributed by atoms with Gasteiger partial charge in [0.1, 0.15) is 0 Å². The zero-order valence-corrected chi connectivity index (χ0v) is 9.12. The molecule has 1 heterocycles. The Hall–Kier alpha value is -1.26. The molecule has 0 saturated carbocycles. The quantitative estimate of drug-likeness (QED) is 0.753. The van der Waals surface area contributed by atoms with E-state index < -0.39 is 0 Å². The second-order valence-electron chi connectivity index (χ2n) is 3.24.